The van der Waals surface area contributed by atoms with Crippen molar-refractivity contribution in [3.8, 4) is 5.75 Å². The zero-order chi connectivity index (χ0) is 20.5. The number of anilines is 2. The maximum atomic E-state index is 13.1. The van der Waals surface area contributed by atoms with Crippen LogP contribution in [-0.2, 0) is 11.2 Å². The summed E-state index contributed by atoms with van der Waals surface area (Å²) in [5.41, 5.74) is 0.783. The number of amides is 1. The molecule has 0 unspecified atom stereocenters. The van der Waals surface area contributed by atoms with E-state index in [2.05, 4.69) is 4.98 Å². The highest BCUT2D eigenvalue weighted by Crippen LogP contribution is 2.38. The average Bonchev–Trinajstić information content (AvgIpc) is 2.65. The molecular formula is C21H24ClFN4O2. The Morgan fingerprint density at radius 1 is 1.31 bits per heavy atom. The number of hydrogen-bond acceptors (Lipinski definition) is 5. The molecule has 1 amide bonds. The van der Waals surface area contributed by atoms with E-state index in [1.807, 2.05) is 18.9 Å². The Balaban J connectivity index is 1.31. The van der Waals surface area contributed by atoms with E-state index in [9.17, 15) is 9.18 Å². The van der Waals surface area contributed by atoms with Gasteiger partial charge in [0.1, 0.15) is 23.1 Å². The lowest BCUT2D eigenvalue weighted by Crippen LogP contribution is -2.45. The molecule has 0 saturated heterocycles. The van der Waals surface area contributed by atoms with Gasteiger partial charge in [0.25, 0.3) is 0 Å². The lowest BCUT2D eigenvalue weighted by molar-refractivity contribution is -0.117. The summed E-state index contributed by atoms with van der Waals surface area (Å²) >= 11 is 6.00. The van der Waals surface area contributed by atoms with Crippen LogP contribution < -0.4 is 14.5 Å². The molecule has 1 aromatic carbocycles. The van der Waals surface area contributed by atoms with Gasteiger partial charge in [0.05, 0.1) is 24.4 Å². The van der Waals surface area contributed by atoms with Crippen molar-refractivity contribution in [1.82, 2.24) is 9.97 Å². The first-order valence-electron chi connectivity index (χ1n) is 9.89. The summed E-state index contributed by atoms with van der Waals surface area (Å²) in [5.74, 6) is 2.83. The van der Waals surface area contributed by atoms with E-state index in [4.69, 9.17) is 21.3 Å². The van der Waals surface area contributed by atoms with E-state index in [-0.39, 0.29) is 11.7 Å². The van der Waals surface area contributed by atoms with Crippen molar-refractivity contribution in [2.75, 3.05) is 36.5 Å². The zero-order valence-electron chi connectivity index (χ0n) is 16.6. The molecule has 0 atom stereocenters. The molecule has 0 spiro atoms. The van der Waals surface area contributed by atoms with Crippen LogP contribution in [0.4, 0.5) is 15.9 Å². The van der Waals surface area contributed by atoms with Crippen LogP contribution in [0, 0.1) is 17.7 Å². The van der Waals surface area contributed by atoms with Crippen LogP contribution in [0.3, 0.4) is 0 Å². The Bertz CT molecular complexity index is 920. The number of nitrogens with zero attached hydrogens (tertiary/aromatic N) is 4. The number of aromatic nitrogens is 2. The first kappa shape index (κ1) is 19.9. The van der Waals surface area contributed by atoms with Crippen LogP contribution in [0.1, 0.15) is 25.6 Å². The predicted octanol–water partition coefficient (Wildman–Crippen LogP) is 3.72. The first-order valence-corrected chi connectivity index (χ1v) is 10.3. The third-order valence-electron chi connectivity index (χ3n) is 5.62. The molecule has 1 saturated carbocycles. The zero-order valence-corrected chi connectivity index (χ0v) is 17.3. The Hall–Kier alpha value is -2.41. The number of carbonyl (C=O) groups is 1. The fourth-order valence-corrected chi connectivity index (χ4v) is 4.27. The van der Waals surface area contributed by atoms with E-state index < -0.39 is 0 Å². The number of carbonyl (C=O) groups excluding carboxylic acids is 1. The Kier molecular flexibility index (Phi) is 5.58. The van der Waals surface area contributed by atoms with Gasteiger partial charge < -0.3 is 14.5 Å². The highest BCUT2D eigenvalue weighted by molar-refractivity contribution is 6.32. The van der Waals surface area contributed by atoms with Gasteiger partial charge in [-0.25, -0.2) is 14.4 Å². The minimum atomic E-state index is -0.367. The number of rotatable bonds is 6. The molecule has 0 radical (unpaired) electrons. The number of benzene rings is 1. The summed E-state index contributed by atoms with van der Waals surface area (Å²) < 4.78 is 18.8. The maximum absolute atomic E-state index is 13.1. The molecule has 0 N–H and O–H groups in total. The molecule has 2 heterocycles. The lowest BCUT2D eigenvalue weighted by atomic mass is 9.73. The van der Waals surface area contributed by atoms with Crippen molar-refractivity contribution in [3.63, 3.8) is 0 Å². The minimum absolute atomic E-state index is 0.0712. The molecule has 154 valence electrons. The largest absolute Gasteiger partial charge is 0.492 e. The summed E-state index contributed by atoms with van der Waals surface area (Å²) in [6, 6.07) is 4.18. The smallest absolute Gasteiger partial charge is 0.246 e. The third kappa shape index (κ3) is 4.15. The van der Waals surface area contributed by atoms with E-state index in [0.717, 1.165) is 36.6 Å². The second-order valence-electron chi connectivity index (χ2n) is 7.78. The fraction of sp³-hybridized carbons (Fsp3) is 0.476. The van der Waals surface area contributed by atoms with Crippen molar-refractivity contribution >= 4 is 29.0 Å². The Morgan fingerprint density at radius 3 is 2.83 bits per heavy atom. The molecule has 1 aromatic heterocycles. The first-order chi connectivity index (χ1) is 13.9. The molecule has 8 heteroatoms. The second-order valence-corrected chi connectivity index (χ2v) is 8.19. The lowest BCUT2D eigenvalue weighted by Gasteiger charge is -2.36. The van der Waals surface area contributed by atoms with Gasteiger partial charge in [-0.05, 0) is 49.8 Å². The van der Waals surface area contributed by atoms with Crippen LogP contribution in [0.2, 0.25) is 5.02 Å². The van der Waals surface area contributed by atoms with Gasteiger partial charge in [-0.1, -0.05) is 11.6 Å². The highest BCUT2D eigenvalue weighted by atomic mass is 35.5. The Morgan fingerprint density at radius 2 is 2.10 bits per heavy atom. The van der Waals surface area contributed by atoms with Crippen LogP contribution in [0.15, 0.2) is 24.4 Å². The van der Waals surface area contributed by atoms with Gasteiger partial charge in [-0.15, -0.1) is 0 Å². The Labute approximate surface area is 174 Å². The number of fused-ring (bicyclic) bond motifs is 1. The van der Waals surface area contributed by atoms with E-state index in [1.54, 1.807) is 17.2 Å². The van der Waals surface area contributed by atoms with Crippen molar-refractivity contribution < 1.29 is 13.9 Å². The monoisotopic (exact) mass is 418 g/mol. The summed E-state index contributed by atoms with van der Waals surface area (Å²) in [6.07, 6.45) is 4.66. The number of ether oxygens (including phenoxy) is 1. The molecule has 2 aliphatic rings. The van der Waals surface area contributed by atoms with E-state index in [1.165, 1.54) is 12.1 Å². The molecule has 1 aliphatic heterocycles. The van der Waals surface area contributed by atoms with Gasteiger partial charge in [0.2, 0.25) is 5.91 Å². The third-order valence-corrected chi connectivity index (χ3v) is 5.91. The van der Waals surface area contributed by atoms with Crippen molar-refractivity contribution in [1.29, 1.82) is 0 Å². The summed E-state index contributed by atoms with van der Waals surface area (Å²) in [4.78, 5) is 25.0. The fourth-order valence-electron chi connectivity index (χ4n) is 4.05. The average molecular weight is 419 g/mol. The normalized spacial score (nSPS) is 21.0. The minimum Gasteiger partial charge on any atom is -0.492 e. The predicted molar refractivity (Wildman–Crippen MR) is 110 cm³/mol. The molecule has 6 nitrogen and oxygen atoms in total. The van der Waals surface area contributed by atoms with E-state index >= 15 is 0 Å². The van der Waals surface area contributed by atoms with Crippen LogP contribution >= 0.6 is 11.6 Å². The molecule has 4 rings (SSSR count). The number of hydrogen-bond donors (Lipinski definition) is 0. The second kappa shape index (κ2) is 8.14. The maximum Gasteiger partial charge on any atom is 0.246 e. The number of halogens is 2. The number of likely N-dealkylation sites (N-methyl/N-ethyl adjacent to an activating group) is 2. The van der Waals surface area contributed by atoms with Crippen molar-refractivity contribution in [3.05, 3.63) is 41.1 Å². The molecule has 2 aromatic rings. The quantitative estimate of drug-likeness (QED) is 0.715. The van der Waals surface area contributed by atoms with Crippen LogP contribution in [0.25, 0.3) is 0 Å². The molecular weight excluding hydrogens is 395 g/mol. The van der Waals surface area contributed by atoms with Gasteiger partial charge >= 0.3 is 0 Å². The van der Waals surface area contributed by atoms with Crippen molar-refractivity contribution in [2.45, 2.75) is 26.2 Å². The topological polar surface area (TPSA) is 58.6 Å². The van der Waals surface area contributed by atoms with Gasteiger partial charge in [0.15, 0.2) is 5.82 Å². The van der Waals surface area contributed by atoms with Gasteiger partial charge in [0, 0.05) is 20.0 Å². The van der Waals surface area contributed by atoms with Gasteiger partial charge in [-0.3, -0.25) is 4.79 Å². The standard InChI is InChI=1S/C21H24ClFN4O2/c1-3-27-17-10-24-19(25-21(17)26(2)11-20(27)28)8-13-6-14(7-13)12-29-18-5-4-15(23)9-16(18)22/h4-5,9-10,13-14H,3,6-8,11-12H2,1-2H3. The summed E-state index contributed by atoms with van der Waals surface area (Å²) in [5, 5.41) is 0.298. The molecule has 0 bridgehead atoms. The van der Waals surface area contributed by atoms with Crippen molar-refractivity contribution in [2.24, 2.45) is 11.8 Å². The SMILES string of the molecule is CCN1C(=O)CN(C)c2nc(CC3CC(COc4ccc(F)cc4Cl)C3)ncc21. The summed E-state index contributed by atoms with van der Waals surface area (Å²) in [6.45, 7) is 3.48. The molecule has 1 aliphatic carbocycles. The highest BCUT2D eigenvalue weighted by Gasteiger charge is 2.32. The van der Waals surface area contributed by atoms with Crippen LogP contribution in [-0.4, -0.2) is 42.6 Å². The summed E-state index contributed by atoms with van der Waals surface area (Å²) in [7, 11) is 1.89. The molecule has 29 heavy (non-hydrogen) atoms. The van der Waals surface area contributed by atoms with E-state index in [0.29, 0.717) is 42.3 Å². The molecule has 1 fully saturated rings. The van der Waals surface area contributed by atoms with Crippen LogP contribution in [0.5, 0.6) is 5.75 Å². The van der Waals surface area contributed by atoms with Gasteiger partial charge in [-0.2, -0.15) is 0 Å².